The van der Waals surface area contributed by atoms with Crippen LogP contribution in [0.3, 0.4) is 0 Å². The molecule has 1 aliphatic heterocycles. The van der Waals surface area contributed by atoms with E-state index in [0.717, 1.165) is 34.7 Å². The topological polar surface area (TPSA) is 36.4 Å². The fourth-order valence-corrected chi connectivity index (χ4v) is 3.37. The third-order valence-electron chi connectivity index (χ3n) is 3.17. The highest BCUT2D eigenvalue weighted by Crippen LogP contribution is 2.33. The Bertz CT molecular complexity index is 542. The summed E-state index contributed by atoms with van der Waals surface area (Å²) in [5.41, 5.74) is 0.829. The lowest BCUT2D eigenvalue weighted by Crippen LogP contribution is -2.31. The maximum Gasteiger partial charge on any atom is 0.186 e. The number of rotatable bonds is 2. The number of aromatic nitrogens is 1. The molecule has 0 saturated carbocycles. The van der Waals surface area contributed by atoms with E-state index in [1.54, 1.807) is 6.07 Å². The van der Waals surface area contributed by atoms with E-state index in [2.05, 4.69) is 9.88 Å². The van der Waals surface area contributed by atoms with Gasteiger partial charge in [0, 0.05) is 6.54 Å². The lowest BCUT2D eigenvalue weighted by atomic mass is 10.2. The maximum absolute atomic E-state index is 13.1. The summed E-state index contributed by atoms with van der Waals surface area (Å²) in [5, 5.41) is 10.2. The SMILES string of the molecule is OCC1CCCN1c1nc2ccc(F)cc2s1. The van der Waals surface area contributed by atoms with E-state index in [0.29, 0.717) is 0 Å². The molecule has 0 spiro atoms. The normalized spacial score (nSPS) is 20.4. The molecule has 0 radical (unpaired) electrons. The number of thiazole rings is 1. The summed E-state index contributed by atoms with van der Waals surface area (Å²) in [4.78, 5) is 6.63. The molecule has 1 aromatic carbocycles. The van der Waals surface area contributed by atoms with Crippen LogP contribution < -0.4 is 4.90 Å². The molecule has 3 rings (SSSR count). The highest BCUT2D eigenvalue weighted by molar-refractivity contribution is 7.22. The number of hydrogen-bond acceptors (Lipinski definition) is 4. The van der Waals surface area contributed by atoms with Gasteiger partial charge in [-0.05, 0) is 31.0 Å². The highest BCUT2D eigenvalue weighted by atomic mass is 32.1. The summed E-state index contributed by atoms with van der Waals surface area (Å²) in [6.45, 7) is 1.08. The van der Waals surface area contributed by atoms with Crippen LogP contribution in [0.5, 0.6) is 0 Å². The van der Waals surface area contributed by atoms with Crippen LogP contribution in [0.2, 0.25) is 0 Å². The van der Waals surface area contributed by atoms with Crippen LogP contribution in [0.15, 0.2) is 18.2 Å². The molecular formula is C12H13FN2OS. The minimum atomic E-state index is -0.229. The molecule has 2 aromatic rings. The van der Waals surface area contributed by atoms with Crippen molar-refractivity contribution in [1.82, 2.24) is 4.98 Å². The van der Waals surface area contributed by atoms with Crippen LogP contribution in [0.4, 0.5) is 9.52 Å². The van der Waals surface area contributed by atoms with Crippen molar-refractivity contribution in [1.29, 1.82) is 0 Å². The molecule has 1 fully saturated rings. The zero-order valence-electron chi connectivity index (χ0n) is 9.27. The lowest BCUT2D eigenvalue weighted by Gasteiger charge is -2.21. The minimum absolute atomic E-state index is 0.157. The van der Waals surface area contributed by atoms with Gasteiger partial charge >= 0.3 is 0 Å². The predicted octanol–water partition coefficient (Wildman–Crippen LogP) is 2.40. The van der Waals surface area contributed by atoms with Gasteiger partial charge in [0.1, 0.15) is 5.82 Å². The third kappa shape index (κ3) is 1.89. The van der Waals surface area contributed by atoms with E-state index in [9.17, 15) is 9.50 Å². The van der Waals surface area contributed by atoms with E-state index in [4.69, 9.17) is 0 Å². The van der Waals surface area contributed by atoms with Gasteiger partial charge in [0.25, 0.3) is 0 Å². The molecule has 3 nitrogen and oxygen atoms in total. The Morgan fingerprint density at radius 2 is 2.41 bits per heavy atom. The van der Waals surface area contributed by atoms with Crippen molar-refractivity contribution in [3.8, 4) is 0 Å². The monoisotopic (exact) mass is 252 g/mol. The molecule has 90 valence electrons. The van der Waals surface area contributed by atoms with Crippen molar-refractivity contribution in [2.45, 2.75) is 18.9 Å². The van der Waals surface area contributed by atoms with E-state index in [-0.39, 0.29) is 18.5 Å². The van der Waals surface area contributed by atoms with Gasteiger partial charge < -0.3 is 10.0 Å². The van der Waals surface area contributed by atoms with Gasteiger partial charge in [0.2, 0.25) is 0 Å². The van der Waals surface area contributed by atoms with Crippen molar-refractivity contribution in [3.63, 3.8) is 0 Å². The largest absolute Gasteiger partial charge is 0.394 e. The molecule has 0 bridgehead atoms. The Hall–Kier alpha value is -1.20. The van der Waals surface area contributed by atoms with Crippen LogP contribution in [0.25, 0.3) is 10.2 Å². The number of hydrogen-bond donors (Lipinski definition) is 1. The number of fused-ring (bicyclic) bond motifs is 1. The van der Waals surface area contributed by atoms with Gasteiger partial charge in [0.15, 0.2) is 5.13 Å². The van der Waals surface area contributed by atoms with Gasteiger partial charge in [-0.1, -0.05) is 11.3 Å². The van der Waals surface area contributed by atoms with Gasteiger partial charge in [-0.3, -0.25) is 0 Å². The molecule has 0 amide bonds. The second kappa shape index (κ2) is 4.23. The van der Waals surface area contributed by atoms with Crippen molar-refractivity contribution in [2.75, 3.05) is 18.1 Å². The van der Waals surface area contributed by atoms with Gasteiger partial charge in [-0.25, -0.2) is 9.37 Å². The van der Waals surface area contributed by atoms with E-state index >= 15 is 0 Å². The Morgan fingerprint density at radius 3 is 3.24 bits per heavy atom. The Morgan fingerprint density at radius 1 is 1.53 bits per heavy atom. The quantitative estimate of drug-likeness (QED) is 0.891. The van der Waals surface area contributed by atoms with Crippen LogP contribution in [-0.2, 0) is 0 Å². The minimum Gasteiger partial charge on any atom is -0.394 e. The van der Waals surface area contributed by atoms with E-state index in [1.165, 1.54) is 23.5 Å². The van der Waals surface area contributed by atoms with Crippen LogP contribution >= 0.6 is 11.3 Å². The fraction of sp³-hybridized carbons (Fsp3) is 0.417. The molecule has 1 saturated heterocycles. The van der Waals surface area contributed by atoms with E-state index in [1.807, 2.05) is 0 Å². The number of halogens is 1. The molecule has 1 aromatic heterocycles. The standard InChI is InChI=1S/C12H13FN2OS/c13-8-3-4-10-11(6-8)17-12(14-10)15-5-1-2-9(15)7-16/h3-4,6,9,16H,1-2,5,7H2. The zero-order valence-corrected chi connectivity index (χ0v) is 10.1. The highest BCUT2D eigenvalue weighted by Gasteiger charge is 2.26. The van der Waals surface area contributed by atoms with Crippen LogP contribution in [0.1, 0.15) is 12.8 Å². The molecule has 1 unspecified atom stereocenters. The Balaban J connectivity index is 2.00. The maximum atomic E-state index is 13.1. The number of benzene rings is 1. The molecule has 1 atom stereocenters. The zero-order chi connectivity index (χ0) is 11.8. The van der Waals surface area contributed by atoms with Crippen molar-refractivity contribution >= 4 is 26.7 Å². The average molecular weight is 252 g/mol. The van der Waals surface area contributed by atoms with Crippen LogP contribution in [0, 0.1) is 5.82 Å². The molecule has 1 N–H and O–H groups in total. The van der Waals surface area contributed by atoms with Gasteiger partial charge in [0.05, 0.1) is 22.9 Å². The third-order valence-corrected chi connectivity index (χ3v) is 4.23. The smallest absolute Gasteiger partial charge is 0.186 e. The summed E-state index contributed by atoms with van der Waals surface area (Å²) < 4.78 is 14.0. The van der Waals surface area contributed by atoms with Gasteiger partial charge in [-0.15, -0.1) is 0 Å². The van der Waals surface area contributed by atoms with Crippen LogP contribution in [-0.4, -0.2) is 29.3 Å². The first kappa shape index (κ1) is 10.9. The first-order chi connectivity index (χ1) is 8.28. The molecule has 17 heavy (non-hydrogen) atoms. The molecular weight excluding hydrogens is 239 g/mol. The number of aliphatic hydroxyl groups excluding tert-OH is 1. The van der Waals surface area contributed by atoms with Crippen molar-refractivity contribution in [2.24, 2.45) is 0 Å². The summed E-state index contributed by atoms with van der Waals surface area (Å²) >= 11 is 1.49. The first-order valence-electron chi connectivity index (χ1n) is 5.71. The van der Waals surface area contributed by atoms with E-state index < -0.39 is 0 Å². The second-order valence-electron chi connectivity index (χ2n) is 4.28. The molecule has 1 aliphatic rings. The predicted molar refractivity (Wildman–Crippen MR) is 67.0 cm³/mol. The van der Waals surface area contributed by atoms with Crippen molar-refractivity contribution in [3.05, 3.63) is 24.0 Å². The molecule has 2 heterocycles. The Labute approximate surface area is 103 Å². The fourth-order valence-electron chi connectivity index (χ4n) is 2.29. The summed E-state index contributed by atoms with van der Waals surface area (Å²) in [5.74, 6) is -0.229. The molecule has 0 aliphatic carbocycles. The molecule has 5 heteroatoms. The Kier molecular flexibility index (Phi) is 2.72. The lowest BCUT2D eigenvalue weighted by molar-refractivity contribution is 0.266. The second-order valence-corrected chi connectivity index (χ2v) is 5.29. The van der Waals surface area contributed by atoms with Gasteiger partial charge in [-0.2, -0.15) is 0 Å². The summed E-state index contributed by atoms with van der Waals surface area (Å²) in [6.07, 6.45) is 2.08. The number of anilines is 1. The van der Waals surface area contributed by atoms with Crippen molar-refractivity contribution < 1.29 is 9.50 Å². The number of aliphatic hydroxyl groups is 1. The average Bonchev–Trinajstić information content (AvgIpc) is 2.93. The first-order valence-corrected chi connectivity index (χ1v) is 6.53. The summed E-state index contributed by atoms with van der Waals surface area (Å²) in [7, 11) is 0. The summed E-state index contributed by atoms with van der Waals surface area (Å²) in [6, 6.07) is 4.81. The number of nitrogens with zero attached hydrogens (tertiary/aromatic N) is 2.